The summed E-state index contributed by atoms with van der Waals surface area (Å²) in [7, 11) is 1.32. The number of nitrogens with one attached hydrogen (secondary N) is 3. The van der Waals surface area contributed by atoms with E-state index in [-0.39, 0.29) is 17.2 Å². The first kappa shape index (κ1) is 37.5. The van der Waals surface area contributed by atoms with Crippen LogP contribution in [0.5, 0.6) is 0 Å². The number of thiophene rings is 1. The van der Waals surface area contributed by atoms with Crippen LogP contribution in [0.3, 0.4) is 0 Å². The van der Waals surface area contributed by atoms with Crippen molar-refractivity contribution >= 4 is 63.6 Å². The number of esters is 1. The first-order valence-corrected chi connectivity index (χ1v) is 18.8. The lowest BCUT2D eigenvalue weighted by Gasteiger charge is -2.18. The molecule has 6 rings (SSSR count). The third kappa shape index (κ3) is 9.22. The van der Waals surface area contributed by atoms with Gasteiger partial charge in [0, 0.05) is 27.1 Å². The van der Waals surface area contributed by atoms with E-state index in [0.29, 0.717) is 26.7 Å². The molecule has 270 valence electrons. The van der Waals surface area contributed by atoms with Crippen molar-refractivity contribution in [3.63, 3.8) is 0 Å². The zero-order chi connectivity index (χ0) is 38.0. The van der Waals surface area contributed by atoms with Crippen LogP contribution in [-0.4, -0.2) is 30.8 Å². The van der Waals surface area contributed by atoms with Gasteiger partial charge >= 0.3 is 5.97 Å². The average molecular weight is 752 g/mol. The number of ether oxygens (including phenoxy) is 1. The molecular weight excluding hydrogens is 715 g/mol. The summed E-state index contributed by atoms with van der Waals surface area (Å²) in [5.41, 5.74) is 6.30. The summed E-state index contributed by atoms with van der Waals surface area (Å²) in [6.07, 6.45) is 1.65. The van der Waals surface area contributed by atoms with E-state index in [9.17, 15) is 19.2 Å². The number of hydrogen-bond donors (Lipinski definition) is 3. The third-order valence-electron chi connectivity index (χ3n) is 8.48. The molecule has 1 heterocycles. The molecule has 0 saturated carbocycles. The first-order chi connectivity index (χ1) is 26.2. The SMILES string of the molecule is COC(=O)c1c(-c2ccc(C)cc2)csc1NC(=O)C(Sc1cccc(NC(=O)/C(=C/c2ccccc2C)NC(=O)c2ccccc2)c1)c1ccccc1. The molecule has 1 unspecified atom stereocenters. The third-order valence-corrected chi connectivity index (χ3v) is 10.6. The molecule has 0 bridgehead atoms. The molecule has 5 aromatic carbocycles. The molecule has 0 aliphatic heterocycles. The Morgan fingerprint density at radius 1 is 0.759 bits per heavy atom. The summed E-state index contributed by atoms with van der Waals surface area (Å²) in [5.74, 6) is -1.82. The van der Waals surface area contributed by atoms with Gasteiger partial charge in [0.05, 0.1) is 7.11 Å². The van der Waals surface area contributed by atoms with Gasteiger partial charge in [-0.25, -0.2) is 4.79 Å². The van der Waals surface area contributed by atoms with Crippen LogP contribution in [0.4, 0.5) is 10.7 Å². The highest BCUT2D eigenvalue weighted by molar-refractivity contribution is 8.00. The van der Waals surface area contributed by atoms with Crippen molar-refractivity contribution in [2.45, 2.75) is 24.0 Å². The second kappa shape index (κ2) is 17.5. The molecule has 54 heavy (non-hydrogen) atoms. The van der Waals surface area contributed by atoms with Gasteiger partial charge in [0.25, 0.3) is 11.8 Å². The number of carbonyl (C=O) groups excluding carboxylic acids is 4. The van der Waals surface area contributed by atoms with Gasteiger partial charge in [0.15, 0.2) is 0 Å². The fourth-order valence-corrected chi connectivity index (χ4v) is 7.65. The molecule has 0 aliphatic rings. The molecule has 0 radical (unpaired) electrons. The normalized spacial score (nSPS) is 11.6. The van der Waals surface area contributed by atoms with Gasteiger partial charge in [0.1, 0.15) is 21.5 Å². The quantitative estimate of drug-likeness (QED) is 0.0652. The fourth-order valence-electron chi connectivity index (χ4n) is 5.61. The van der Waals surface area contributed by atoms with Gasteiger partial charge in [-0.1, -0.05) is 109 Å². The zero-order valence-electron chi connectivity index (χ0n) is 29.8. The number of amides is 3. The molecule has 0 fully saturated rings. The van der Waals surface area contributed by atoms with Crippen molar-refractivity contribution in [1.29, 1.82) is 0 Å². The van der Waals surface area contributed by atoms with Crippen LogP contribution in [0.15, 0.2) is 149 Å². The van der Waals surface area contributed by atoms with E-state index in [1.165, 1.54) is 30.2 Å². The topological polar surface area (TPSA) is 114 Å². The molecule has 0 saturated heterocycles. The number of carbonyl (C=O) groups is 4. The van der Waals surface area contributed by atoms with Gasteiger partial charge in [-0.05, 0) is 72.5 Å². The van der Waals surface area contributed by atoms with Crippen LogP contribution >= 0.6 is 23.1 Å². The van der Waals surface area contributed by atoms with E-state index in [4.69, 9.17) is 4.74 Å². The number of anilines is 2. The Hall–Kier alpha value is -6.23. The number of aryl methyl sites for hydroxylation is 2. The molecule has 1 aromatic heterocycles. The summed E-state index contributed by atoms with van der Waals surface area (Å²) in [6.45, 7) is 3.92. The minimum Gasteiger partial charge on any atom is -0.465 e. The van der Waals surface area contributed by atoms with Gasteiger partial charge in [-0.2, -0.15) is 0 Å². The van der Waals surface area contributed by atoms with Crippen molar-refractivity contribution in [1.82, 2.24) is 5.32 Å². The van der Waals surface area contributed by atoms with E-state index in [1.54, 1.807) is 48.5 Å². The van der Waals surface area contributed by atoms with Gasteiger partial charge in [-0.15, -0.1) is 23.1 Å². The van der Waals surface area contributed by atoms with Crippen LogP contribution in [0, 0.1) is 13.8 Å². The zero-order valence-corrected chi connectivity index (χ0v) is 31.4. The van der Waals surface area contributed by atoms with Gasteiger partial charge in [0.2, 0.25) is 5.91 Å². The maximum absolute atomic E-state index is 14.1. The smallest absolute Gasteiger partial charge is 0.341 e. The lowest BCUT2D eigenvalue weighted by atomic mass is 10.0. The Morgan fingerprint density at radius 3 is 2.15 bits per heavy atom. The monoisotopic (exact) mass is 751 g/mol. The summed E-state index contributed by atoms with van der Waals surface area (Å²) in [5, 5.41) is 10.2. The molecule has 1 atom stereocenters. The molecule has 10 heteroatoms. The molecule has 0 spiro atoms. The van der Waals surface area contributed by atoms with Crippen LogP contribution < -0.4 is 16.0 Å². The Balaban J connectivity index is 1.26. The van der Waals surface area contributed by atoms with Crippen LogP contribution in [0.1, 0.15) is 48.2 Å². The Labute approximate surface area is 322 Å². The molecule has 8 nitrogen and oxygen atoms in total. The van der Waals surface area contributed by atoms with Crippen LogP contribution in [0.25, 0.3) is 17.2 Å². The summed E-state index contributed by atoms with van der Waals surface area (Å²) in [4.78, 5) is 54.9. The number of rotatable bonds is 12. The largest absolute Gasteiger partial charge is 0.465 e. The van der Waals surface area contributed by atoms with Gasteiger partial charge < -0.3 is 20.7 Å². The number of benzene rings is 5. The average Bonchev–Trinajstić information content (AvgIpc) is 3.61. The van der Waals surface area contributed by atoms with E-state index in [2.05, 4.69) is 16.0 Å². The predicted octanol–water partition coefficient (Wildman–Crippen LogP) is 9.70. The molecule has 3 N–H and O–H groups in total. The second-order valence-electron chi connectivity index (χ2n) is 12.3. The Bertz CT molecular complexity index is 2320. The summed E-state index contributed by atoms with van der Waals surface area (Å²) in [6, 6.07) is 40.5. The van der Waals surface area contributed by atoms with Crippen LogP contribution in [-0.2, 0) is 14.3 Å². The van der Waals surface area contributed by atoms with Crippen molar-refractivity contribution < 1.29 is 23.9 Å². The van der Waals surface area contributed by atoms with Crippen LogP contribution in [0.2, 0.25) is 0 Å². The molecular formula is C44H37N3O5S2. The molecule has 3 amide bonds. The number of hydrogen-bond acceptors (Lipinski definition) is 7. The fraction of sp³-hybridized carbons (Fsp3) is 0.0909. The van der Waals surface area contributed by atoms with Gasteiger partial charge in [-0.3, -0.25) is 14.4 Å². The van der Waals surface area contributed by atoms with Crippen molar-refractivity contribution in [2.75, 3.05) is 17.7 Å². The lowest BCUT2D eigenvalue weighted by molar-refractivity contribution is -0.116. The minimum absolute atomic E-state index is 0.0695. The molecule has 0 aliphatic carbocycles. The molecule has 6 aromatic rings. The van der Waals surface area contributed by atoms with Crippen molar-refractivity contribution in [2.24, 2.45) is 0 Å². The van der Waals surface area contributed by atoms with E-state index in [0.717, 1.165) is 27.8 Å². The summed E-state index contributed by atoms with van der Waals surface area (Å²) < 4.78 is 5.14. The minimum atomic E-state index is -0.728. The highest BCUT2D eigenvalue weighted by Crippen LogP contribution is 2.40. The van der Waals surface area contributed by atoms with E-state index < -0.39 is 23.0 Å². The Morgan fingerprint density at radius 2 is 1.44 bits per heavy atom. The van der Waals surface area contributed by atoms with E-state index in [1.807, 2.05) is 110 Å². The van der Waals surface area contributed by atoms with Crippen molar-refractivity contribution in [3.8, 4) is 11.1 Å². The maximum atomic E-state index is 14.1. The number of methoxy groups -OCH3 is 1. The van der Waals surface area contributed by atoms with E-state index >= 15 is 0 Å². The highest BCUT2D eigenvalue weighted by atomic mass is 32.2. The standard InChI is InChI=1S/C44H37N3O5S2/c1-28-21-23-30(24-22-28)36-27-53-43(38(36)44(51)52-3)47-42(50)39(31-14-6-4-7-15-31)54-35-20-12-19-34(26-35)45-41(49)37(25-33-18-11-10-13-29(33)2)46-40(48)32-16-8-5-9-17-32/h4-27,39H,1-3H3,(H,45,49)(H,46,48)(H,47,50)/b37-25-. The number of thioether (sulfide) groups is 1. The lowest BCUT2D eigenvalue weighted by Crippen LogP contribution is -2.30. The first-order valence-electron chi connectivity index (χ1n) is 17.0. The highest BCUT2D eigenvalue weighted by Gasteiger charge is 2.27. The Kier molecular flexibility index (Phi) is 12.2. The predicted molar refractivity (Wildman–Crippen MR) is 218 cm³/mol. The van der Waals surface area contributed by atoms with Crippen molar-refractivity contribution in [3.05, 3.63) is 178 Å². The maximum Gasteiger partial charge on any atom is 0.341 e. The second-order valence-corrected chi connectivity index (χ2v) is 14.4. The summed E-state index contributed by atoms with van der Waals surface area (Å²) >= 11 is 2.55.